The van der Waals surface area contributed by atoms with E-state index in [9.17, 15) is 19.2 Å². The Morgan fingerprint density at radius 3 is 2.54 bits per heavy atom. The topological polar surface area (TPSA) is 140 Å². The van der Waals surface area contributed by atoms with Gasteiger partial charge in [0.1, 0.15) is 0 Å². The number of primary amides is 1. The second-order valence-electron chi connectivity index (χ2n) is 5.25. The number of benzene rings is 1. The monoisotopic (exact) mass is 384 g/mol. The van der Waals surface area contributed by atoms with Gasteiger partial charge in [0.2, 0.25) is 0 Å². The molecule has 0 bridgehead atoms. The highest BCUT2D eigenvalue weighted by Crippen LogP contribution is 2.25. The predicted molar refractivity (Wildman–Crippen MR) is 94.3 cm³/mol. The summed E-state index contributed by atoms with van der Waals surface area (Å²) in [6, 6.07) is 4.28. The number of halogens is 1. The van der Waals surface area contributed by atoms with Crippen LogP contribution in [-0.4, -0.2) is 37.1 Å². The lowest BCUT2D eigenvalue weighted by Gasteiger charge is -2.18. The standard InChI is InChI=1S/C16H21ClN4O5/c1-2-7-19-16(25)21-13(22)9-26-14(23)8-12(20-15(18)24)10-5-3-4-6-11(10)17/h3-6,12H,2,7-9H2,1H3,(H3,18,20,24)(H2,19,21,22,25)/t12-/m0/s1. The van der Waals surface area contributed by atoms with Crippen LogP contribution in [0, 0.1) is 0 Å². The van der Waals surface area contributed by atoms with Gasteiger partial charge in [0.15, 0.2) is 6.61 Å². The van der Waals surface area contributed by atoms with E-state index in [1.807, 2.05) is 12.2 Å². The van der Waals surface area contributed by atoms with E-state index < -0.39 is 36.6 Å². The minimum atomic E-state index is -0.840. The van der Waals surface area contributed by atoms with Crippen LogP contribution in [0.4, 0.5) is 9.59 Å². The number of ether oxygens (including phenoxy) is 1. The molecule has 0 radical (unpaired) electrons. The van der Waals surface area contributed by atoms with Gasteiger partial charge in [-0.05, 0) is 18.1 Å². The van der Waals surface area contributed by atoms with E-state index in [-0.39, 0.29) is 6.42 Å². The zero-order valence-electron chi connectivity index (χ0n) is 14.2. The first-order valence-electron chi connectivity index (χ1n) is 7.87. The zero-order chi connectivity index (χ0) is 19.5. The van der Waals surface area contributed by atoms with Crippen LogP contribution in [0.2, 0.25) is 5.02 Å². The minimum absolute atomic E-state index is 0.290. The maximum absolute atomic E-state index is 11.9. The molecule has 142 valence electrons. The normalized spacial score (nSPS) is 11.2. The number of amides is 5. The first-order valence-corrected chi connectivity index (χ1v) is 8.25. The summed E-state index contributed by atoms with van der Waals surface area (Å²) in [5.74, 6) is -1.54. The molecule has 0 spiro atoms. The van der Waals surface area contributed by atoms with Crippen LogP contribution in [0.3, 0.4) is 0 Å². The van der Waals surface area contributed by atoms with Gasteiger partial charge in [-0.2, -0.15) is 0 Å². The van der Waals surface area contributed by atoms with Gasteiger partial charge in [-0.1, -0.05) is 36.7 Å². The van der Waals surface area contributed by atoms with Crippen molar-refractivity contribution in [2.75, 3.05) is 13.2 Å². The zero-order valence-corrected chi connectivity index (χ0v) is 15.0. The van der Waals surface area contributed by atoms with E-state index in [0.717, 1.165) is 0 Å². The van der Waals surface area contributed by atoms with Gasteiger partial charge in [0, 0.05) is 11.6 Å². The van der Waals surface area contributed by atoms with Crippen LogP contribution < -0.4 is 21.7 Å². The average molecular weight is 385 g/mol. The second-order valence-corrected chi connectivity index (χ2v) is 5.66. The number of nitrogens with two attached hydrogens (primary N) is 1. The molecule has 1 aromatic carbocycles. The predicted octanol–water partition coefficient (Wildman–Crippen LogP) is 1.22. The molecule has 0 saturated carbocycles. The molecule has 5 N–H and O–H groups in total. The molecule has 0 aromatic heterocycles. The number of carbonyl (C=O) groups is 4. The highest BCUT2D eigenvalue weighted by atomic mass is 35.5. The molecule has 0 aliphatic carbocycles. The first-order chi connectivity index (χ1) is 12.3. The first kappa shape index (κ1) is 21.2. The molecule has 0 fully saturated rings. The third kappa shape index (κ3) is 7.84. The minimum Gasteiger partial charge on any atom is -0.455 e. The summed E-state index contributed by atoms with van der Waals surface area (Å²) < 4.78 is 4.82. The maximum Gasteiger partial charge on any atom is 0.321 e. The van der Waals surface area contributed by atoms with Crippen molar-refractivity contribution in [2.45, 2.75) is 25.8 Å². The van der Waals surface area contributed by atoms with E-state index in [1.54, 1.807) is 24.3 Å². The Balaban J connectivity index is 2.57. The number of nitrogens with one attached hydrogen (secondary N) is 3. The van der Waals surface area contributed by atoms with E-state index >= 15 is 0 Å². The molecule has 5 amide bonds. The van der Waals surface area contributed by atoms with E-state index in [1.165, 1.54) is 0 Å². The summed E-state index contributed by atoms with van der Waals surface area (Å²) in [6.45, 7) is 1.64. The smallest absolute Gasteiger partial charge is 0.321 e. The number of hydrogen-bond donors (Lipinski definition) is 4. The van der Waals surface area contributed by atoms with Gasteiger partial charge in [0.05, 0.1) is 12.5 Å². The van der Waals surface area contributed by atoms with Gasteiger partial charge >= 0.3 is 18.0 Å². The van der Waals surface area contributed by atoms with Crippen molar-refractivity contribution in [3.05, 3.63) is 34.9 Å². The van der Waals surface area contributed by atoms with Crippen LogP contribution >= 0.6 is 11.6 Å². The highest BCUT2D eigenvalue weighted by molar-refractivity contribution is 6.31. The molecule has 1 aromatic rings. The lowest BCUT2D eigenvalue weighted by molar-refractivity contribution is -0.148. The Bertz CT molecular complexity index is 668. The quantitative estimate of drug-likeness (QED) is 0.499. The molecule has 0 heterocycles. The molecule has 0 aliphatic heterocycles. The SMILES string of the molecule is CCCNC(=O)NC(=O)COC(=O)C[C@H](NC(N)=O)c1ccccc1Cl. The Morgan fingerprint density at radius 1 is 1.23 bits per heavy atom. The van der Waals surface area contributed by atoms with Crippen LogP contribution in [0.5, 0.6) is 0 Å². The molecular formula is C16H21ClN4O5. The van der Waals surface area contributed by atoms with E-state index in [4.69, 9.17) is 22.1 Å². The molecule has 1 atom stereocenters. The van der Waals surface area contributed by atoms with Crippen molar-refractivity contribution in [1.82, 2.24) is 16.0 Å². The summed E-state index contributed by atoms with van der Waals surface area (Å²) >= 11 is 6.06. The summed E-state index contributed by atoms with van der Waals surface area (Å²) in [5.41, 5.74) is 5.60. The van der Waals surface area contributed by atoms with Crippen molar-refractivity contribution in [3.8, 4) is 0 Å². The van der Waals surface area contributed by atoms with E-state index in [0.29, 0.717) is 23.6 Å². The molecule has 26 heavy (non-hydrogen) atoms. The van der Waals surface area contributed by atoms with Crippen molar-refractivity contribution in [3.63, 3.8) is 0 Å². The van der Waals surface area contributed by atoms with Crippen molar-refractivity contribution in [1.29, 1.82) is 0 Å². The molecular weight excluding hydrogens is 364 g/mol. The Kier molecular flexibility index (Phi) is 8.93. The van der Waals surface area contributed by atoms with Gasteiger partial charge in [-0.3, -0.25) is 14.9 Å². The Labute approximate surface area is 155 Å². The number of rotatable bonds is 8. The second kappa shape index (κ2) is 10.9. The fourth-order valence-corrected chi connectivity index (χ4v) is 2.25. The molecule has 0 aliphatic rings. The van der Waals surface area contributed by atoms with Crippen molar-refractivity contribution < 1.29 is 23.9 Å². The third-order valence-corrected chi connectivity index (χ3v) is 3.46. The van der Waals surface area contributed by atoms with Crippen molar-refractivity contribution in [2.24, 2.45) is 5.73 Å². The average Bonchev–Trinajstić information content (AvgIpc) is 2.57. The summed E-state index contributed by atoms with van der Waals surface area (Å²) in [4.78, 5) is 46.0. The van der Waals surface area contributed by atoms with Gasteiger partial charge in [-0.25, -0.2) is 9.59 Å². The Morgan fingerprint density at radius 2 is 1.92 bits per heavy atom. The molecule has 10 heteroatoms. The number of carbonyl (C=O) groups excluding carboxylic acids is 4. The molecule has 0 unspecified atom stereocenters. The third-order valence-electron chi connectivity index (χ3n) is 3.12. The van der Waals surface area contributed by atoms with Crippen LogP contribution in [0.25, 0.3) is 0 Å². The number of hydrogen-bond acceptors (Lipinski definition) is 5. The fourth-order valence-electron chi connectivity index (χ4n) is 1.99. The van der Waals surface area contributed by atoms with Crippen LogP contribution in [-0.2, 0) is 14.3 Å². The molecule has 1 rings (SSSR count). The highest BCUT2D eigenvalue weighted by Gasteiger charge is 2.21. The number of esters is 1. The maximum atomic E-state index is 11.9. The molecule has 9 nitrogen and oxygen atoms in total. The largest absolute Gasteiger partial charge is 0.455 e. The van der Waals surface area contributed by atoms with Crippen LogP contribution in [0.15, 0.2) is 24.3 Å². The molecule has 0 saturated heterocycles. The number of imide groups is 1. The summed E-state index contributed by atoms with van der Waals surface area (Å²) in [7, 11) is 0. The summed E-state index contributed by atoms with van der Waals surface area (Å²) in [5, 5.41) is 7.20. The lowest BCUT2D eigenvalue weighted by Crippen LogP contribution is -2.41. The van der Waals surface area contributed by atoms with Gasteiger partial charge in [-0.15, -0.1) is 0 Å². The number of urea groups is 2. The van der Waals surface area contributed by atoms with Crippen molar-refractivity contribution >= 4 is 35.5 Å². The Hall–Kier alpha value is -2.81. The fraction of sp³-hybridized carbons (Fsp3) is 0.375. The van der Waals surface area contributed by atoms with Gasteiger partial charge < -0.3 is 21.1 Å². The van der Waals surface area contributed by atoms with Crippen LogP contribution in [0.1, 0.15) is 31.4 Å². The van der Waals surface area contributed by atoms with E-state index in [2.05, 4.69) is 10.6 Å². The van der Waals surface area contributed by atoms with Gasteiger partial charge in [0.25, 0.3) is 5.91 Å². The lowest BCUT2D eigenvalue weighted by atomic mass is 10.0. The summed E-state index contributed by atoms with van der Waals surface area (Å²) in [6.07, 6.45) is 0.425.